The minimum Gasteiger partial charge on any atom is -0.489 e. The molecule has 1 N–H and O–H groups in total. The van der Waals surface area contributed by atoms with Crippen molar-refractivity contribution in [1.82, 2.24) is 4.98 Å². The zero-order valence-corrected chi connectivity index (χ0v) is 11.5. The smallest absolute Gasteiger partial charge is 0.121 e. The number of aromatic nitrogens is 1. The number of nitrogens with one attached hydrogen (secondary N) is 1. The Hall–Kier alpha value is -1.64. The minimum absolute atomic E-state index is 0.473. The van der Waals surface area contributed by atoms with Crippen LogP contribution >= 0.6 is 23.2 Å². The number of rotatable bonds is 3. The molecule has 0 unspecified atom stereocenters. The van der Waals surface area contributed by atoms with Crippen molar-refractivity contribution in [2.45, 2.75) is 6.61 Å². The lowest BCUT2D eigenvalue weighted by molar-refractivity contribution is 0.307. The number of hydrogen-bond donors (Lipinski definition) is 1. The molecule has 19 heavy (non-hydrogen) atoms. The zero-order valence-electron chi connectivity index (χ0n) is 9.99. The second kappa shape index (κ2) is 5.16. The van der Waals surface area contributed by atoms with Crippen LogP contribution in [0.25, 0.3) is 10.9 Å². The lowest BCUT2D eigenvalue weighted by Crippen LogP contribution is -1.94. The van der Waals surface area contributed by atoms with Crippen LogP contribution in [0.5, 0.6) is 5.75 Å². The van der Waals surface area contributed by atoms with Crippen molar-refractivity contribution < 1.29 is 4.74 Å². The van der Waals surface area contributed by atoms with Gasteiger partial charge < -0.3 is 9.72 Å². The summed E-state index contributed by atoms with van der Waals surface area (Å²) < 4.78 is 5.73. The van der Waals surface area contributed by atoms with Gasteiger partial charge in [0, 0.05) is 22.2 Å². The van der Waals surface area contributed by atoms with Crippen molar-refractivity contribution in [3.05, 3.63) is 64.3 Å². The molecule has 0 amide bonds. The number of benzene rings is 2. The second-order valence-corrected chi connectivity index (χ2v) is 5.07. The summed E-state index contributed by atoms with van der Waals surface area (Å²) in [6.45, 7) is 0.473. The van der Waals surface area contributed by atoms with Crippen LogP contribution in [0.1, 0.15) is 5.56 Å². The highest BCUT2D eigenvalue weighted by Crippen LogP contribution is 2.26. The maximum Gasteiger partial charge on any atom is 0.121 e. The Kier molecular flexibility index (Phi) is 3.36. The van der Waals surface area contributed by atoms with Gasteiger partial charge in [-0.05, 0) is 24.3 Å². The van der Waals surface area contributed by atoms with Gasteiger partial charge in [-0.3, -0.25) is 0 Å². The Morgan fingerprint density at radius 1 is 1.05 bits per heavy atom. The highest BCUT2D eigenvalue weighted by Gasteiger charge is 2.06. The molecular formula is C15H11Cl2NO. The van der Waals surface area contributed by atoms with E-state index in [0.717, 1.165) is 22.2 Å². The van der Waals surface area contributed by atoms with Crippen LogP contribution in [0.15, 0.2) is 48.7 Å². The summed E-state index contributed by atoms with van der Waals surface area (Å²) in [6, 6.07) is 13.2. The highest BCUT2D eigenvalue weighted by atomic mass is 35.5. The summed E-state index contributed by atoms with van der Waals surface area (Å²) >= 11 is 12.0. The quantitative estimate of drug-likeness (QED) is 0.717. The normalized spacial score (nSPS) is 10.8. The molecule has 0 atom stereocenters. The van der Waals surface area contributed by atoms with Crippen molar-refractivity contribution in [1.29, 1.82) is 0 Å². The standard InChI is InChI=1S/C15H11Cl2NO/c16-11-3-1-4-12(7-11)19-9-10-8-18-15-13(10)5-2-6-14(15)17/h1-8,18H,9H2. The predicted octanol–water partition coefficient (Wildman–Crippen LogP) is 5.05. The van der Waals surface area contributed by atoms with E-state index in [1.807, 2.05) is 42.6 Å². The van der Waals surface area contributed by atoms with E-state index in [2.05, 4.69) is 4.98 Å². The van der Waals surface area contributed by atoms with Crippen LogP contribution in [-0.2, 0) is 6.61 Å². The summed E-state index contributed by atoms with van der Waals surface area (Å²) in [5, 5.41) is 2.46. The van der Waals surface area contributed by atoms with E-state index in [1.54, 1.807) is 6.07 Å². The predicted molar refractivity (Wildman–Crippen MR) is 79.1 cm³/mol. The molecule has 0 fully saturated rings. The Labute approximate surface area is 120 Å². The highest BCUT2D eigenvalue weighted by molar-refractivity contribution is 6.35. The van der Waals surface area contributed by atoms with Gasteiger partial charge in [-0.2, -0.15) is 0 Å². The third-order valence-electron chi connectivity index (χ3n) is 2.94. The first-order chi connectivity index (χ1) is 9.24. The summed E-state index contributed by atoms with van der Waals surface area (Å²) in [6.07, 6.45) is 1.92. The van der Waals surface area contributed by atoms with E-state index in [0.29, 0.717) is 16.7 Å². The van der Waals surface area contributed by atoms with Crippen molar-refractivity contribution in [2.24, 2.45) is 0 Å². The van der Waals surface area contributed by atoms with E-state index in [4.69, 9.17) is 27.9 Å². The fourth-order valence-electron chi connectivity index (χ4n) is 2.01. The molecule has 0 saturated heterocycles. The Morgan fingerprint density at radius 3 is 2.74 bits per heavy atom. The van der Waals surface area contributed by atoms with Gasteiger partial charge in [0.05, 0.1) is 10.5 Å². The molecule has 0 aliphatic carbocycles. The van der Waals surface area contributed by atoms with Crippen molar-refractivity contribution in [2.75, 3.05) is 0 Å². The fraction of sp³-hybridized carbons (Fsp3) is 0.0667. The van der Waals surface area contributed by atoms with E-state index in [9.17, 15) is 0 Å². The molecule has 2 aromatic carbocycles. The Balaban J connectivity index is 1.84. The summed E-state index contributed by atoms with van der Waals surface area (Å²) in [5.41, 5.74) is 2.01. The van der Waals surface area contributed by atoms with Crippen LogP contribution < -0.4 is 4.74 Å². The molecule has 0 spiro atoms. The summed E-state index contributed by atoms with van der Waals surface area (Å²) in [4.78, 5) is 3.17. The van der Waals surface area contributed by atoms with E-state index >= 15 is 0 Å². The van der Waals surface area contributed by atoms with Gasteiger partial charge in [-0.25, -0.2) is 0 Å². The number of aromatic amines is 1. The monoisotopic (exact) mass is 291 g/mol. The molecule has 2 nitrogen and oxygen atoms in total. The number of fused-ring (bicyclic) bond motifs is 1. The molecule has 0 saturated carbocycles. The molecular weight excluding hydrogens is 281 g/mol. The van der Waals surface area contributed by atoms with Gasteiger partial charge in [0.2, 0.25) is 0 Å². The lowest BCUT2D eigenvalue weighted by Gasteiger charge is -2.05. The van der Waals surface area contributed by atoms with Crippen LogP contribution in [-0.4, -0.2) is 4.98 Å². The third kappa shape index (κ3) is 2.55. The molecule has 0 aliphatic heterocycles. The molecule has 0 aliphatic rings. The van der Waals surface area contributed by atoms with Gasteiger partial charge in [0.1, 0.15) is 12.4 Å². The van der Waals surface area contributed by atoms with Crippen LogP contribution in [0.4, 0.5) is 0 Å². The Morgan fingerprint density at radius 2 is 1.89 bits per heavy atom. The van der Waals surface area contributed by atoms with Crippen molar-refractivity contribution in [3.63, 3.8) is 0 Å². The van der Waals surface area contributed by atoms with Crippen molar-refractivity contribution in [3.8, 4) is 5.75 Å². The SMILES string of the molecule is Clc1cccc(OCc2c[nH]c3c(Cl)cccc23)c1. The lowest BCUT2D eigenvalue weighted by atomic mass is 10.2. The maximum absolute atomic E-state index is 6.12. The number of para-hydroxylation sites is 1. The molecule has 3 rings (SSSR count). The molecule has 4 heteroatoms. The Bertz CT molecular complexity index is 721. The summed E-state index contributed by atoms with van der Waals surface area (Å²) in [5.74, 6) is 0.754. The summed E-state index contributed by atoms with van der Waals surface area (Å²) in [7, 11) is 0. The zero-order chi connectivity index (χ0) is 13.2. The first-order valence-corrected chi connectivity index (χ1v) is 6.62. The largest absolute Gasteiger partial charge is 0.489 e. The van der Waals surface area contributed by atoms with Crippen LogP contribution in [0, 0.1) is 0 Å². The number of hydrogen-bond acceptors (Lipinski definition) is 1. The molecule has 96 valence electrons. The van der Waals surface area contributed by atoms with Gasteiger partial charge in [-0.15, -0.1) is 0 Å². The van der Waals surface area contributed by atoms with E-state index in [1.165, 1.54) is 0 Å². The molecule has 3 aromatic rings. The van der Waals surface area contributed by atoms with Gasteiger partial charge in [0.25, 0.3) is 0 Å². The van der Waals surface area contributed by atoms with Gasteiger partial charge >= 0.3 is 0 Å². The van der Waals surface area contributed by atoms with Gasteiger partial charge in [0.15, 0.2) is 0 Å². The first-order valence-electron chi connectivity index (χ1n) is 5.87. The van der Waals surface area contributed by atoms with Crippen molar-refractivity contribution >= 4 is 34.1 Å². The topological polar surface area (TPSA) is 25.0 Å². The third-order valence-corrected chi connectivity index (χ3v) is 3.49. The second-order valence-electron chi connectivity index (χ2n) is 4.22. The number of halogens is 2. The first kappa shape index (κ1) is 12.4. The van der Waals surface area contributed by atoms with Crippen LogP contribution in [0.2, 0.25) is 10.0 Å². The molecule has 1 heterocycles. The average Bonchev–Trinajstić information content (AvgIpc) is 2.81. The number of H-pyrrole nitrogens is 1. The fourth-order valence-corrected chi connectivity index (χ4v) is 2.42. The maximum atomic E-state index is 6.12. The molecule has 0 radical (unpaired) electrons. The van der Waals surface area contributed by atoms with Gasteiger partial charge in [-0.1, -0.05) is 41.4 Å². The minimum atomic E-state index is 0.473. The average molecular weight is 292 g/mol. The molecule has 0 bridgehead atoms. The molecule has 1 aromatic heterocycles. The van der Waals surface area contributed by atoms with Crippen LogP contribution in [0.3, 0.4) is 0 Å². The van der Waals surface area contributed by atoms with E-state index < -0.39 is 0 Å². The van der Waals surface area contributed by atoms with E-state index in [-0.39, 0.29) is 0 Å². The number of ether oxygens (including phenoxy) is 1.